The highest BCUT2D eigenvalue weighted by Crippen LogP contribution is 2.33. The van der Waals surface area contributed by atoms with Gasteiger partial charge in [0.1, 0.15) is 5.75 Å². The number of esters is 1. The van der Waals surface area contributed by atoms with Crippen LogP contribution in [0.5, 0.6) is 5.75 Å². The Hall–Kier alpha value is -1.55. The van der Waals surface area contributed by atoms with Gasteiger partial charge in [0, 0.05) is 0 Å². The number of halogens is 1. The Bertz CT molecular complexity index is 610. The first kappa shape index (κ1) is 14.9. The summed E-state index contributed by atoms with van der Waals surface area (Å²) in [6, 6.07) is 11.9. The number of carbonyl (C=O) groups excluding carboxylic acids is 1. The smallest absolute Gasteiger partial charge is 0.347 e. The van der Waals surface area contributed by atoms with Crippen molar-refractivity contribution in [2.24, 2.45) is 0 Å². The van der Waals surface area contributed by atoms with Gasteiger partial charge in [-0.05, 0) is 46.1 Å². The minimum atomic E-state index is -0.576. The number of hydrogen-bond donors (Lipinski definition) is 0. The van der Waals surface area contributed by atoms with Crippen LogP contribution < -0.4 is 4.74 Å². The van der Waals surface area contributed by atoms with E-state index in [0.29, 0.717) is 18.8 Å². The van der Waals surface area contributed by atoms with Crippen molar-refractivity contribution in [1.82, 2.24) is 0 Å². The van der Waals surface area contributed by atoms with Gasteiger partial charge in [-0.15, -0.1) is 0 Å². The van der Waals surface area contributed by atoms with E-state index in [9.17, 15) is 4.79 Å². The highest BCUT2D eigenvalue weighted by atomic mass is 79.9. The quantitative estimate of drug-likeness (QED) is 0.762. The lowest BCUT2D eigenvalue weighted by atomic mass is 10.1. The molecule has 0 saturated carbocycles. The van der Waals surface area contributed by atoms with Gasteiger partial charge in [-0.3, -0.25) is 0 Å². The number of fused-ring (bicyclic) bond motifs is 1. The average Bonchev–Trinajstić information content (AvgIpc) is 2.47. The first-order valence-corrected chi connectivity index (χ1v) is 7.47. The van der Waals surface area contributed by atoms with Gasteiger partial charge in [0.05, 0.1) is 11.1 Å². The molecule has 0 bridgehead atoms. The normalized spacial score (nSPS) is 12.2. The highest BCUT2D eigenvalue weighted by molar-refractivity contribution is 9.10. The van der Waals surface area contributed by atoms with Gasteiger partial charge in [-0.1, -0.05) is 37.3 Å². The Morgan fingerprint density at radius 2 is 1.95 bits per heavy atom. The zero-order valence-electron chi connectivity index (χ0n) is 11.6. The van der Waals surface area contributed by atoms with Crippen molar-refractivity contribution in [2.75, 3.05) is 6.61 Å². The van der Waals surface area contributed by atoms with Crippen LogP contribution >= 0.6 is 15.9 Å². The predicted octanol–water partition coefficient (Wildman–Crippen LogP) is 4.32. The number of ether oxygens (including phenoxy) is 2. The lowest BCUT2D eigenvalue weighted by molar-refractivity contribution is -0.151. The van der Waals surface area contributed by atoms with Gasteiger partial charge in [-0.2, -0.15) is 0 Å². The molecule has 0 N–H and O–H groups in total. The summed E-state index contributed by atoms with van der Waals surface area (Å²) < 4.78 is 11.7. The maximum atomic E-state index is 11.8. The number of rotatable bonds is 5. The van der Waals surface area contributed by atoms with Gasteiger partial charge in [0.15, 0.2) is 6.10 Å². The zero-order valence-corrected chi connectivity index (χ0v) is 13.1. The SMILES string of the molecule is CCOC(=O)C(CC)Oc1ccc2ccccc2c1Br. The molecule has 0 aliphatic heterocycles. The highest BCUT2D eigenvalue weighted by Gasteiger charge is 2.21. The first-order valence-electron chi connectivity index (χ1n) is 6.67. The number of benzene rings is 2. The van der Waals surface area contributed by atoms with Crippen LogP contribution in [0.25, 0.3) is 10.8 Å². The summed E-state index contributed by atoms with van der Waals surface area (Å²) >= 11 is 3.55. The molecule has 106 valence electrons. The van der Waals surface area contributed by atoms with Crippen molar-refractivity contribution in [1.29, 1.82) is 0 Å². The molecule has 3 nitrogen and oxygen atoms in total. The van der Waals surface area contributed by atoms with Crippen LogP contribution in [-0.2, 0) is 9.53 Å². The van der Waals surface area contributed by atoms with Crippen molar-refractivity contribution in [3.63, 3.8) is 0 Å². The monoisotopic (exact) mass is 336 g/mol. The van der Waals surface area contributed by atoms with E-state index in [-0.39, 0.29) is 5.97 Å². The lowest BCUT2D eigenvalue weighted by Crippen LogP contribution is -2.28. The fourth-order valence-electron chi connectivity index (χ4n) is 1.99. The van der Waals surface area contributed by atoms with Gasteiger partial charge in [-0.25, -0.2) is 4.79 Å². The molecule has 0 saturated heterocycles. The van der Waals surface area contributed by atoms with Crippen LogP contribution in [0.1, 0.15) is 20.3 Å². The zero-order chi connectivity index (χ0) is 14.5. The molecule has 1 atom stereocenters. The molecule has 0 radical (unpaired) electrons. The molecule has 2 rings (SSSR count). The Kier molecular flexibility index (Phi) is 5.01. The van der Waals surface area contributed by atoms with Crippen LogP contribution in [0.2, 0.25) is 0 Å². The summed E-state index contributed by atoms with van der Waals surface area (Å²) in [6.45, 7) is 4.05. The van der Waals surface area contributed by atoms with Crippen molar-refractivity contribution < 1.29 is 14.3 Å². The fourth-order valence-corrected chi connectivity index (χ4v) is 2.58. The summed E-state index contributed by atoms with van der Waals surface area (Å²) in [5.41, 5.74) is 0. The third kappa shape index (κ3) is 3.12. The molecular weight excluding hydrogens is 320 g/mol. The molecule has 0 heterocycles. The second-order valence-corrected chi connectivity index (χ2v) is 5.16. The second-order valence-electron chi connectivity index (χ2n) is 4.37. The molecule has 2 aromatic rings. The first-order chi connectivity index (χ1) is 9.67. The third-order valence-electron chi connectivity index (χ3n) is 3.02. The number of hydrogen-bond acceptors (Lipinski definition) is 3. The van der Waals surface area contributed by atoms with E-state index in [1.807, 2.05) is 43.3 Å². The molecular formula is C16H17BrO3. The molecule has 2 aromatic carbocycles. The average molecular weight is 337 g/mol. The van der Waals surface area contributed by atoms with Crippen LogP contribution in [-0.4, -0.2) is 18.7 Å². The van der Waals surface area contributed by atoms with E-state index in [4.69, 9.17) is 9.47 Å². The topological polar surface area (TPSA) is 35.5 Å². The van der Waals surface area contributed by atoms with Crippen LogP contribution in [0, 0.1) is 0 Å². The standard InChI is InChI=1S/C16H17BrO3/c1-3-13(16(18)19-4-2)20-14-10-9-11-7-5-6-8-12(11)15(14)17/h5-10,13H,3-4H2,1-2H3. The van der Waals surface area contributed by atoms with E-state index < -0.39 is 6.10 Å². The van der Waals surface area contributed by atoms with Crippen molar-refractivity contribution >= 4 is 32.7 Å². The van der Waals surface area contributed by atoms with Crippen LogP contribution in [0.3, 0.4) is 0 Å². The Morgan fingerprint density at radius 3 is 2.65 bits per heavy atom. The minimum Gasteiger partial charge on any atom is -0.478 e. The maximum absolute atomic E-state index is 11.8. The molecule has 0 fully saturated rings. The fraction of sp³-hybridized carbons (Fsp3) is 0.312. The lowest BCUT2D eigenvalue weighted by Gasteiger charge is -2.17. The Balaban J connectivity index is 2.28. The minimum absolute atomic E-state index is 0.324. The van der Waals surface area contributed by atoms with Gasteiger partial charge < -0.3 is 9.47 Å². The van der Waals surface area contributed by atoms with Crippen LogP contribution in [0.4, 0.5) is 0 Å². The van der Waals surface area contributed by atoms with E-state index >= 15 is 0 Å². The molecule has 0 aromatic heterocycles. The summed E-state index contributed by atoms with van der Waals surface area (Å²) in [6.07, 6.45) is -0.00891. The largest absolute Gasteiger partial charge is 0.478 e. The summed E-state index contributed by atoms with van der Waals surface area (Å²) in [4.78, 5) is 11.8. The molecule has 0 aliphatic carbocycles. The molecule has 20 heavy (non-hydrogen) atoms. The van der Waals surface area contributed by atoms with Gasteiger partial charge >= 0.3 is 5.97 Å². The molecule has 4 heteroatoms. The molecule has 0 aliphatic rings. The number of carbonyl (C=O) groups is 1. The van der Waals surface area contributed by atoms with E-state index in [1.54, 1.807) is 6.92 Å². The summed E-state index contributed by atoms with van der Waals surface area (Å²) in [5.74, 6) is 0.332. The van der Waals surface area contributed by atoms with E-state index in [2.05, 4.69) is 15.9 Å². The second kappa shape index (κ2) is 6.75. The molecule has 0 spiro atoms. The van der Waals surface area contributed by atoms with Crippen molar-refractivity contribution in [3.05, 3.63) is 40.9 Å². The summed E-state index contributed by atoms with van der Waals surface area (Å²) in [7, 11) is 0. The van der Waals surface area contributed by atoms with Crippen molar-refractivity contribution in [3.8, 4) is 5.75 Å². The molecule has 1 unspecified atom stereocenters. The van der Waals surface area contributed by atoms with Gasteiger partial charge in [0.2, 0.25) is 0 Å². The molecule has 0 amide bonds. The van der Waals surface area contributed by atoms with Crippen molar-refractivity contribution in [2.45, 2.75) is 26.4 Å². The van der Waals surface area contributed by atoms with Crippen LogP contribution in [0.15, 0.2) is 40.9 Å². The Labute approximate surface area is 127 Å². The predicted molar refractivity (Wildman–Crippen MR) is 83.0 cm³/mol. The van der Waals surface area contributed by atoms with E-state index in [0.717, 1.165) is 15.2 Å². The van der Waals surface area contributed by atoms with Gasteiger partial charge in [0.25, 0.3) is 0 Å². The third-order valence-corrected chi connectivity index (χ3v) is 3.84. The van der Waals surface area contributed by atoms with E-state index in [1.165, 1.54) is 0 Å². The summed E-state index contributed by atoms with van der Waals surface area (Å²) in [5, 5.41) is 2.18. The maximum Gasteiger partial charge on any atom is 0.347 e. The Morgan fingerprint density at radius 1 is 1.20 bits per heavy atom.